The van der Waals surface area contributed by atoms with Crippen LogP contribution in [0.4, 0.5) is 0 Å². The Morgan fingerprint density at radius 3 is 2.60 bits per heavy atom. The third-order valence-corrected chi connectivity index (χ3v) is 8.13. The molecule has 2 aliphatic rings. The highest BCUT2D eigenvalue weighted by molar-refractivity contribution is 5.78. The molecule has 1 aromatic carbocycles. The number of unbranched alkanes of at least 4 members (excludes halogenated alkanes) is 1. The van der Waals surface area contributed by atoms with Crippen LogP contribution in [-0.2, 0) is 24.1 Å². The van der Waals surface area contributed by atoms with Gasteiger partial charge >= 0.3 is 0 Å². The summed E-state index contributed by atoms with van der Waals surface area (Å²) in [5.74, 6) is 2.05. The maximum atomic E-state index is 12.4. The number of hydrogen-bond donors (Lipinski definition) is 0. The summed E-state index contributed by atoms with van der Waals surface area (Å²) in [6.07, 6.45) is 24.6. The first kappa shape index (κ1) is 25.8. The summed E-state index contributed by atoms with van der Waals surface area (Å²) < 4.78 is 0. The van der Waals surface area contributed by atoms with Crippen molar-refractivity contribution in [3.05, 3.63) is 64.7 Å². The van der Waals surface area contributed by atoms with Crippen LogP contribution in [0.5, 0.6) is 0 Å². The minimum atomic E-state index is 0.474. The Morgan fingerprint density at radius 1 is 0.971 bits per heavy atom. The van der Waals surface area contributed by atoms with Gasteiger partial charge in [0.25, 0.3) is 0 Å². The summed E-state index contributed by atoms with van der Waals surface area (Å²) >= 11 is 0. The lowest BCUT2D eigenvalue weighted by Crippen LogP contribution is -2.14. The van der Waals surface area contributed by atoms with Crippen molar-refractivity contribution in [1.82, 2.24) is 9.97 Å². The van der Waals surface area contributed by atoms with Gasteiger partial charge in [0, 0.05) is 18.4 Å². The van der Waals surface area contributed by atoms with E-state index in [0.717, 1.165) is 69.6 Å². The molecule has 1 aromatic heterocycles. The number of benzene rings is 1. The zero-order chi connectivity index (χ0) is 24.3. The number of fused-ring (bicyclic) bond motifs is 1. The molecule has 0 amide bonds. The summed E-state index contributed by atoms with van der Waals surface area (Å²) in [6.45, 7) is 2.14. The lowest BCUT2D eigenvalue weighted by atomic mass is 9.81. The fourth-order valence-electron chi connectivity index (χ4n) is 6.13. The Balaban J connectivity index is 1.09. The molecule has 4 rings (SSSR count). The second-order valence-corrected chi connectivity index (χ2v) is 11.0. The predicted octanol–water partition coefficient (Wildman–Crippen LogP) is 8.03. The van der Waals surface area contributed by atoms with E-state index in [1.807, 2.05) is 0 Å². The molecule has 0 aliphatic heterocycles. The molecule has 3 nitrogen and oxygen atoms in total. The van der Waals surface area contributed by atoms with Gasteiger partial charge in [0.1, 0.15) is 12.1 Å². The van der Waals surface area contributed by atoms with Crippen molar-refractivity contribution in [1.29, 1.82) is 0 Å². The number of aryl methyl sites for hydroxylation is 3. The van der Waals surface area contributed by atoms with E-state index in [-0.39, 0.29) is 0 Å². The van der Waals surface area contributed by atoms with Crippen molar-refractivity contribution in [3.63, 3.8) is 0 Å². The largest absolute Gasteiger partial charge is 0.300 e. The standard InChI is InChI=1S/C32H44N2O/c1-25-10-6-15-27(22-25)11-2-3-18-29(35)19-9-14-26-12-7-16-28(17-8-13-26)23-32-30-20-4-5-21-31(30)33-24-34-32/h4,6,10,15,20,22,24,26,28H,2-3,5,7-9,11-14,16-19,21,23H2,1H3. The van der Waals surface area contributed by atoms with Crippen molar-refractivity contribution in [2.45, 2.75) is 110 Å². The van der Waals surface area contributed by atoms with Gasteiger partial charge in [0.15, 0.2) is 0 Å². The second kappa shape index (κ2) is 13.7. The summed E-state index contributed by atoms with van der Waals surface area (Å²) in [7, 11) is 0. The number of nitrogens with zero attached hydrogens (tertiary/aromatic N) is 2. The normalized spacial score (nSPS) is 20.1. The van der Waals surface area contributed by atoms with Gasteiger partial charge in [0.2, 0.25) is 0 Å². The van der Waals surface area contributed by atoms with Gasteiger partial charge in [0.05, 0.1) is 11.4 Å². The molecule has 0 saturated heterocycles. The van der Waals surface area contributed by atoms with Crippen LogP contribution in [0.2, 0.25) is 0 Å². The number of rotatable bonds is 11. The second-order valence-electron chi connectivity index (χ2n) is 11.0. The topological polar surface area (TPSA) is 42.9 Å². The van der Waals surface area contributed by atoms with Crippen molar-refractivity contribution in [2.24, 2.45) is 11.8 Å². The molecule has 188 valence electrons. The molecule has 1 fully saturated rings. The first-order chi connectivity index (χ1) is 17.2. The molecule has 0 spiro atoms. The molecule has 0 unspecified atom stereocenters. The first-order valence-corrected chi connectivity index (χ1v) is 14.2. The molecule has 0 radical (unpaired) electrons. The number of allylic oxidation sites excluding steroid dienone is 1. The molecule has 2 aliphatic carbocycles. The number of ketones is 1. The zero-order valence-corrected chi connectivity index (χ0v) is 21.8. The molecule has 35 heavy (non-hydrogen) atoms. The Bertz CT molecular complexity index is 969. The summed E-state index contributed by atoms with van der Waals surface area (Å²) in [5, 5.41) is 0. The molecule has 3 heteroatoms. The van der Waals surface area contributed by atoms with Gasteiger partial charge in [-0.2, -0.15) is 0 Å². The van der Waals surface area contributed by atoms with Crippen LogP contribution in [-0.4, -0.2) is 15.8 Å². The van der Waals surface area contributed by atoms with E-state index in [1.165, 1.54) is 73.0 Å². The van der Waals surface area contributed by atoms with Gasteiger partial charge in [-0.05, 0) is 69.3 Å². The highest BCUT2D eigenvalue weighted by atomic mass is 16.1. The molecule has 0 bridgehead atoms. The number of carbonyl (C=O) groups is 1. The lowest BCUT2D eigenvalue weighted by molar-refractivity contribution is -0.119. The smallest absolute Gasteiger partial charge is 0.132 e. The first-order valence-electron chi connectivity index (χ1n) is 14.2. The van der Waals surface area contributed by atoms with Crippen LogP contribution in [0.15, 0.2) is 36.7 Å². The highest BCUT2D eigenvalue weighted by Crippen LogP contribution is 2.32. The van der Waals surface area contributed by atoms with Crippen LogP contribution >= 0.6 is 0 Å². The third kappa shape index (κ3) is 8.40. The van der Waals surface area contributed by atoms with Gasteiger partial charge in [-0.15, -0.1) is 0 Å². The average molecular weight is 473 g/mol. The Labute approximate surface area is 212 Å². The van der Waals surface area contributed by atoms with E-state index in [0.29, 0.717) is 5.78 Å². The van der Waals surface area contributed by atoms with Crippen molar-refractivity contribution in [2.75, 3.05) is 0 Å². The Kier molecular flexibility index (Phi) is 10.1. The number of aromatic nitrogens is 2. The van der Waals surface area contributed by atoms with Crippen molar-refractivity contribution >= 4 is 11.9 Å². The van der Waals surface area contributed by atoms with E-state index in [9.17, 15) is 4.79 Å². The Morgan fingerprint density at radius 2 is 1.77 bits per heavy atom. The molecule has 0 N–H and O–H groups in total. The van der Waals surface area contributed by atoms with Crippen molar-refractivity contribution < 1.29 is 4.79 Å². The number of hydrogen-bond acceptors (Lipinski definition) is 3. The Hall–Kier alpha value is -2.29. The van der Waals surface area contributed by atoms with Crippen LogP contribution in [0.3, 0.4) is 0 Å². The van der Waals surface area contributed by atoms with E-state index in [1.54, 1.807) is 6.33 Å². The maximum absolute atomic E-state index is 12.4. The summed E-state index contributed by atoms with van der Waals surface area (Å²) in [6, 6.07) is 8.74. The molecule has 0 atom stereocenters. The van der Waals surface area contributed by atoms with Crippen molar-refractivity contribution in [3.8, 4) is 0 Å². The van der Waals surface area contributed by atoms with Crippen LogP contribution in [0, 0.1) is 18.8 Å². The third-order valence-electron chi connectivity index (χ3n) is 8.13. The van der Waals surface area contributed by atoms with Crippen LogP contribution < -0.4 is 0 Å². The van der Waals surface area contributed by atoms with Gasteiger partial charge in [-0.3, -0.25) is 4.79 Å². The predicted molar refractivity (Wildman–Crippen MR) is 145 cm³/mol. The van der Waals surface area contributed by atoms with E-state index >= 15 is 0 Å². The fraction of sp³-hybridized carbons (Fsp3) is 0.594. The SMILES string of the molecule is Cc1cccc(CCCCC(=O)CCCC2CCCC(Cc3ncnc4c3C=CCC4)CCC2)c1. The maximum Gasteiger partial charge on any atom is 0.132 e. The van der Waals surface area contributed by atoms with E-state index in [4.69, 9.17) is 0 Å². The van der Waals surface area contributed by atoms with Gasteiger partial charge in [-0.1, -0.05) is 86.9 Å². The summed E-state index contributed by atoms with van der Waals surface area (Å²) in [5.41, 5.74) is 6.54. The number of Topliss-reactive ketones (excluding diaryl/α,β-unsaturated/α-hetero) is 1. The fourth-order valence-corrected chi connectivity index (χ4v) is 6.13. The molecular weight excluding hydrogens is 428 g/mol. The van der Waals surface area contributed by atoms with Crippen LogP contribution in [0.1, 0.15) is 112 Å². The van der Waals surface area contributed by atoms with Crippen LogP contribution in [0.25, 0.3) is 6.08 Å². The zero-order valence-electron chi connectivity index (χ0n) is 21.8. The van der Waals surface area contributed by atoms with E-state index < -0.39 is 0 Å². The van der Waals surface area contributed by atoms with Gasteiger partial charge < -0.3 is 0 Å². The monoisotopic (exact) mass is 472 g/mol. The average Bonchev–Trinajstić information content (AvgIpc) is 2.85. The number of carbonyl (C=O) groups excluding carboxylic acids is 1. The van der Waals surface area contributed by atoms with E-state index in [2.05, 4.69) is 53.3 Å². The molecule has 1 saturated carbocycles. The molecule has 2 aromatic rings. The minimum Gasteiger partial charge on any atom is -0.300 e. The molecular formula is C32H44N2O. The quantitative estimate of drug-likeness (QED) is 0.311. The van der Waals surface area contributed by atoms with Gasteiger partial charge in [-0.25, -0.2) is 9.97 Å². The summed E-state index contributed by atoms with van der Waals surface area (Å²) in [4.78, 5) is 21.5. The highest BCUT2D eigenvalue weighted by Gasteiger charge is 2.20. The minimum absolute atomic E-state index is 0.474. The molecule has 1 heterocycles. The lowest BCUT2D eigenvalue weighted by Gasteiger charge is -2.25.